The van der Waals surface area contributed by atoms with Gasteiger partial charge in [0.15, 0.2) is 17.1 Å². The van der Waals surface area contributed by atoms with Crippen LogP contribution in [0, 0.1) is 0 Å². The lowest BCUT2D eigenvalue weighted by Gasteiger charge is -2.12. The van der Waals surface area contributed by atoms with Crippen molar-refractivity contribution < 1.29 is 18.7 Å². The van der Waals surface area contributed by atoms with Crippen molar-refractivity contribution in [2.45, 2.75) is 13.0 Å². The molecular weight excluding hydrogens is 308 g/mol. The molecule has 0 aliphatic heterocycles. The third-order valence-electron chi connectivity index (χ3n) is 3.67. The van der Waals surface area contributed by atoms with Gasteiger partial charge in [-0.1, -0.05) is 12.1 Å². The lowest BCUT2D eigenvalue weighted by Crippen LogP contribution is -2.26. The molecule has 0 bridgehead atoms. The molecule has 1 atom stereocenters. The molecule has 6 nitrogen and oxygen atoms in total. The number of rotatable bonds is 5. The Labute approximate surface area is 139 Å². The van der Waals surface area contributed by atoms with Crippen molar-refractivity contribution in [3.05, 3.63) is 53.9 Å². The highest BCUT2D eigenvalue weighted by Crippen LogP contribution is 2.28. The first-order chi connectivity index (χ1) is 11.6. The van der Waals surface area contributed by atoms with Gasteiger partial charge >= 0.3 is 0 Å². The molecule has 1 aromatic heterocycles. The second-order valence-electron chi connectivity index (χ2n) is 5.28. The number of carbonyl (C=O) groups excluding carboxylic acids is 1. The van der Waals surface area contributed by atoms with Gasteiger partial charge in [-0.15, -0.1) is 0 Å². The molecular formula is C18H18N2O4. The summed E-state index contributed by atoms with van der Waals surface area (Å²) in [6.45, 7) is 1.82. The zero-order chi connectivity index (χ0) is 17.1. The van der Waals surface area contributed by atoms with Gasteiger partial charge in [0.2, 0.25) is 5.89 Å². The monoisotopic (exact) mass is 326 g/mol. The Balaban J connectivity index is 1.78. The van der Waals surface area contributed by atoms with Gasteiger partial charge in [-0.05, 0) is 37.3 Å². The van der Waals surface area contributed by atoms with Crippen molar-refractivity contribution in [3.63, 3.8) is 0 Å². The summed E-state index contributed by atoms with van der Waals surface area (Å²) in [5.74, 6) is 1.29. The average molecular weight is 326 g/mol. The lowest BCUT2D eigenvalue weighted by molar-refractivity contribution is 0.0934. The third kappa shape index (κ3) is 3.03. The van der Waals surface area contributed by atoms with Crippen LogP contribution in [0.25, 0.3) is 11.1 Å². The van der Waals surface area contributed by atoms with Crippen molar-refractivity contribution in [2.75, 3.05) is 14.2 Å². The van der Waals surface area contributed by atoms with E-state index in [1.54, 1.807) is 25.3 Å². The van der Waals surface area contributed by atoms with E-state index in [1.165, 1.54) is 7.11 Å². The van der Waals surface area contributed by atoms with E-state index in [0.29, 0.717) is 28.5 Å². The summed E-state index contributed by atoms with van der Waals surface area (Å²) in [5, 5.41) is 2.87. The lowest BCUT2D eigenvalue weighted by atomic mass is 10.1. The molecule has 24 heavy (non-hydrogen) atoms. The number of hydrogen-bond donors (Lipinski definition) is 1. The Kier molecular flexibility index (Phi) is 4.37. The van der Waals surface area contributed by atoms with Crippen LogP contribution < -0.4 is 14.8 Å². The van der Waals surface area contributed by atoms with E-state index in [-0.39, 0.29) is 11.9 Å². The van der Waals surface area contributed by atoms with Crippen LogP contribution in [0.15, 0.2) is 46.9 Å². The number of para-hydroxylation sites is 2. The van der Waals surface area contributed by atoms with Gasteiger partial charge < -0.3 is 19.2 Å². The van der Waals surface area contributed by atoms with Crippen LogP contribution in [0.4, 0.5) is 0 Å². The standard InChI is InChI=1S/C18H18N2O4/c1-11(18-20-13-6-4-5-7-14(13)24-18)19-17(21)12-8-9-15(22-2)16(10-12)23-3/h4-11H,1-3H3,(H,19,21). The van der Waals surface area contributed by atoms with Crippen molar-refractivity contribution in [3.8, 4) is 11.5 Å². The summed E-state index contributed by atoms with van der Waals surface area (Å²) in [7, 11) is 3.08. The smallest absolute Gasteiger partial charge is 0.252 e. The van der Waals surface area contributed by atoms with Crippen LogP contribution in [0.3, 0.4) is 0 Å². The minimum atomic E-state index is -0.363. The van der Waals surface area contributed by atoms with E-state index in [1.807, 2.05) is 31.2 Å². The van der Waals surface area contributed by atoms with E-state index in [0.717, 1.165) is 5.52 Å². The Morgan fingerprint density at radius 2 is 1.88 bits per heavy atom. The first-order valence-electron chi connectivity index (χ1n) is 7.50. The number of carbonyl (C=O) groups is 1. The molecule has 1 heterocycles. The molecule has 0 fully saturated rings. The van der Waals surface area contributed by atoms with Gasteiger partial charge in [0.1, 0.15) is 11.6 Å². The highest BCUT2D eigenvalue weighted by molar-refractivity contribution is 5.95. The largest absolute Gasteiger partial charge is 0.493 e. The summed E-state index contributed by atoms with van der Waals surface area (Å²) < 4.78 is 16.1. The summed E-state index contributed by atoms with van der Waals surface area (Å²) in [6.07, 6.45) is 0. The molecule has 0 aliphatic rings. The first kappa shape index (κ1) is 15.9. The normalized spacial score (nSPS) is 12.0. The number of fused-ring (bicyclic) bond motifs is 1. The van der Waals surface area contributed by atoms with Gasteiger partial charge in [0, 0.05) is 5.56 Å². The zero-order valence-corrected chi connectivity index (χ0v) is 13.7. The van der Waals surface area contributed by atoms with E-state index in [9.17, 15) is 4.79 Å². The maximum Gasteiger partial charge on any atom is 0.252 e. The van der Waals surface area contributed by atoms with E-state index in [2.05, 4.69) is 10.3 Å². The quantitative estimate of drug-likeness (QED) is 0.778. The number of ether oxygens (including phenoxy) is 2. The summed E-state index contributed by atoms with van der Waals surface area (Å²) in [4.78, 5) is 16.8. The van der Waals surface area contributed by atoms with E-state index < -0.39 is 0 Å². The summed E-state index contributed by atoms with van der Waals surface area (Å²) >= 11 is 0. The van der Waals surface area contributed by atoms with Gasteiger partial charge in [-0.3, -0.25) is 4.79 Å². The van der Waals surface area contributed by atoms with Gasteiger partial charge in [-0.25, -0.2) is 4.98 Å². The van der Waals surface area contributed by atoms with Crippen molar-refractivity contribution in [1.82, 2.24) is 10.3 Å². The number of nitrogens with zero attached hydrogens (tertiary/aromatic N) is 1. The molecule has 0 saturated heterocycles. The third-order valence-corrected chi connectivity index (χ3v) is 3.67. The SMILES string of the molecule is COc1ccc(C(=O)NC(C)c2nc3ccccc3o2)cc1OC. The van der Waals surface area contributed by atoms with Crippen LogP contribution in [-0.4, -0.2) is 25.1 Å². The fraction of sp³-hybridized carbons (Fsp3) is 0.222. The van der Waals surface area contributed by atoms with Gasteiger partial charge in [-0.2, -0.15) is 0 Å². The van der Waals surface area contributed by atoms with E-state index in [4.69, 9.17) is 13.9 Å². The molecule has 0 spiro atoms. The molecule has 2 aromatic carbocycles. The second-order valence-corrected chi connectivity index (χ2v) is 5.28. The number of benzene rings is 2. The maximum absolute atomic E-state index is 12.4. The summed E-state index contributed by atoms with van der Waals surface area (Å²) in [6, 6.07) is 12.1. The molecule has 0 aliphatic carbocycles. The predicted octanol–water partition coefficient (Wildman–Crippen LogP) is 3.34. The Morgan fingerprint density at radius 3 is 2.58 bits per heavy atom. The topological polar surface area (TPSA) is 73.6 Å². The highest BCUT2D eigenvalue weighted by atomic mass is 16.5. The van der Waals surface area contributed by atoms with Crippen molar-refractivity contribution >= 4 is 17.0 Å². The number of aromatic nitrogens is 1. The first-order valence-corrected chi connectivity index (χ1v) is 7.50. The Hall–Kier alpha value is -3.02. The zero-order valence-electron chi connectivity index (χ0n) is 13.7. The molecule has 0 saturated carbocycles. The number of amides is 1. The van der Waals surface area contributed by atoms with Crippen molar-refractivity contribution in [2.24, 2.45) is 0 Å². The number of oxazole rings is 1. The Bertz CT molecular complexity index is 839. The molecule has 1 N–H and O–H groups in total. The van der Waals surface area contributed by atoms with Crippen molar-refractivity contribution in [1.29, 1.82) is 0 Å². The number of methoxy groups -OCH3 is 2. The number of hydrogen-bond acceptors (Lipinski definition) is 5. The average Bonchev–Trinajstić information content (AvgIpc) is 3.05. The molecule has 1 amide bonds. The highest BCUT2D eigenvalue weighted by Gasteiger charge is 2.18. The predicted molar refractivity (Wildman–Crippen MR) is 89.4 cm³/mol. The van der Waals surface area contributed by atoms with Crippen LogP contribution >= 0.6 is 0 Å². The molecule has 6 heteroatoms. The molecule has 3 aromatic rings. The number of nitrogens with one attached hydrogen (secondary N) is 1. The second kappa shape index (κ2) is 6.62. The molecule has 1 unspecified atom stereocenters. The molecule has 0 radical (unpaired) electrons. The van der Waals surface area contributed by atoms with E-state index >= 15 is 0 Å². The Morgan fingerprint density at radius 1 is 1.12 bits per heavy atom. The van der Waals surface area contributed by atoms with Crippen LogP contribution in [0.2, 0.25) is 0 Å². The van der Waals surface area contributed by atoms with Gasteiger partial charge in [0.05, 0.1) is 14.2 Å². The van der Waals surface area contributed by atoms with Crippen LogP contribution in [-0.2, 0) is 0 Å². The maximum atomic E-state index is 12.4. The van der Waals surface area contributed by atoms with Crippen LogP contribution in [0.5, 0.6) is 11.5 Å². The fourth-order valence-electron chi connectivity index (χ4n) is 2.39. The van der Waals surface area contributed by atoms with Gasteiger partial charge in [0.25, 0.3) is 5.91 Å². The summed E-state index contributed by atoms with van der Waals surface area (Å²) in [5.41, 5.74) is 1.93. The minimum absolute atomic E-state index is 0.245. The minimum Gasteiger partial charge on any atom is -0.493 e. The molecule has 3 rings (SSSR count). The van der Waals surface area contributed by atoms with Crippen LogP contribution in [0.1, 0.15) is 29.2 Å². The fourth-order valence-corrected chi connectivity index (χ4v) is 2.39. The molecule has 124 valence electrons.